The number of nitrogens with zero attached hydrogens (tertiary/aromatic N) is 2. The zero-order chi connectivity index (χ0) is 17.4. The van der Waals surface area contributed by atoms with Crippen LogP contribution in [0.3, 0.4) is 0 Å². The summed E-state index contributed by atoms with van der Waals surface area (Å²) in [5, 5.41) is 13.9. The van der Waals surface area contributed by atoms with Crippen molar-refractivity contribution in [3.63, 3.8) is 0 Å². The molecule has 0 amide bonds. The fraction of sp³-hybridized carbons (Fsp3) is 0. The van der Waals surface area contributed by atoms with Gasteiger partial charge in [-0.25, -0.2) is 9.78 Å². The fourth-order valence-electron chi connectivity index (χ4n) is 2.56. The van der Waals surface area contributed by atoms with Gasteiger partial charge in [-0.1, -0.05) is 42.5 Å². The van der Waals surface area contributed by atoms with E-state index in [0.717, 1.165) is 11.3 Å². The van der Waals surface area contributed by atoms with Crippen LogP contribution in [0.2, 0.25) is 0 Å². The molecule has 0 aliphatic carbocycles. The molecule has 4 rings (SSSR count). The molecule has 2 aromatic carbocycles. The Hall–Kier alpha value is -3.32. The van der Waals surface area contributed by atoms with Crippen LogP contribution in [0.5, 0.6) is 0 Å². The summed E-state index contributed by atoms with van der Waals surface area (Å²) in [6, 6.07) is 15.7. The molecule has 0 radical (unpaired) electrons. The first-order valence-corrected chi connectivity index (χ1v) is 8.24. The van der Waals surface area contributed by atoms with Crippen LogP contribution in [-0.4, -0.2) is 9.91 Å². The van der Waals surface area contributed by atoms with Crippen molar-refractivity contribution in [2.24, 2.45) is 0 Å². The fourth-order valence-corrected chi connectivity index (χ4v) is 3.39. The average molecular weight is 350 g/mol. The number of thiazole rings is 1. The van der Waals surface area contributed by atoms with Gasteiger partial charge in [0.2, 0.25) is 5.58 Å². The maximum atomic E-state index is 12.3. The molecule has 0 spiro atoms. The Morgan fingerprint density at radius 2 is 1.88 bits per heavy atom. The molecule has 0 saturated heterocycles. The van der Waals surface area contributed by atoms with E-state index < -0.39 is 10.5 Å². The van der Waals surface area contributed by atoms with Crippen molar-refractivity contribution in [2.45, 2.75) is 0 Å². The highest BCUT2D eigenvalue weighted by atomic mass is 32.1. The predicted molar refractivity (Wildman–Crippen MR) is 95.7 cm³/mol. The normalized spacial score (nSPS) is 10.9. The summed E-state index contributed by atoms with van der Waals surface area (Å²) in [7, 11) is 0. The van der Waals surface area contributed by atoms with Gasteiger partial charge in [-0.2, -0.15) is 0 Å². The van der Waals surface area contributed by atoms with E-state index in [1.54, 1.807) is 18.2 Å². The van der Waals surface area contributed by atoms with Crippen LogP contribution in [0, 0.1) is 10.1 Å². The molecule has 122 valence electrons. The predicted octanol–water partition coefficient (Wildman–Crippen LogP) is 4.49. The third-order valence-electron chi connectivity index (χ3n) is 3.74. The van der Waals surface area contributed by atoms with Crippen molar-refractivity contribution in [1.82, 2.24) is 4.98 Å². The van der Waals surface area contributed by atoms with Crippen LogP contribution >= 0.6 is 11.3 Å². The van der Waals surface area contributed by atoms with E-state index in [0.29, 0.717) is 16.0 Å². The van der Waals surface area contributed by atoms with Crippen molar-refractivity contribution in [1.29, 1.82) is 0 Å². The Kier molecular flexibility index (Phi) is 3.62. The van der Waals surface area contributed by atoms with Crippen LogP contribution in [0.25, 0.3) is 32.8 Å². The Morgan fingerprint density at radius 1 is 1.08 bits per heavy atom. The number of rotatable bonds is 3. The van der Waals surface area contributed by atoms with Gasteiger partial charge in [0.25, 0.3) is 0 Å². The van der Waals surface area contributed by atoms with Gasteiger partial charge in [-0.05, 0) is 6.07 Å². The maximum Gasteiger partial charge on any atom is 0.346 e. The number of hydrogen-bond donors (Lipinski definition) is 0. The molecule has 0 saturated carbocycles. The van der Waals surface area contributed by atoms with E-state index in [9.17, 15) is 14.9 Å². The summed E-state index contributed by atoms with van der Waals surface area (Å²) >= 11 is 1.33. The number of aromatic nitrogens is 1. The third kappa shape index (κ3) is 2.70. The van der Waals surface area contributed by atoms with Crippen molar-refractivity contribution < 1.29 is 9.34 Å². The number of benzene rings is 2. The van der Waals surface area contributed by atoms with Crippen LogP contribution in [-0.2, 0) is 0 Å². The van der Waals surface area contributed by atoms with E-state index in [2.05, 4.69) is 4.98 Å². The molecule has 25 heavy (non-hydrogen) atoms. The topological polar surface area (TPSA) is 86.2 Å². The molecule has 0 fully saturated rings. The molecule has 0 atom stereocenters. The minimum atomic E-state index is -0.643. The second-order valence-corrected chi connectivity index (χ2v) is 6.16. The molecule has 0 bridgehead atoms. The lowest BCUT2D eigenvalue weighted by Gasteiger charge is -2.00. The van der Waals surface area contributed by atoms with Crippen LogP contribution in [0.4, 0.5) is 5.69 Å². The molecule has 0 aliphatic rings. The highest BCUT2D eigenvalue weighted by Gasteiger charge is 2.18. The van der Waals surface area contributed by atoms with E-state index in [1.165, 1.54) is 17.4 Å². The summed E-state index contributed by atoms with van der Waals surface area (Å²) < 4.78 is 5.22. The Bertz CT molecular complexity index is 1150. The quantitative estimate of drug-likeness (QED) is 0.309. The summed E-state index contributed by atoms with van der Waals surface area (Å²) in [4.78, 5) is 27.3. The minimum Gasteiger partial charge on any atom is -0.415 e. The molecule has 6 nitrogen and oxygen atoms in total. The summed E-state index contributed by atoms with van der Waals surface area (Å²) in [6.45, 7) is 0. The lowest BCUT2D eigenvalue weighted by Crippen LogP contribution is -2.03. The standard InChI is InChI=1S/C18H10N2O4S/c21-18-13(9-12-7-4-8-15(20(22)23)16(12)24-18)17-19-14(10-25-17)11-5-2-1-3-6-11/h1-10H. The van der Waals surface area contributed by atoms with Crippen molar-refractivity contribution in [3.8, 4) is 21.8 Å². The Morgan fingerprint density at radius 3 is 2.64 bits per heavy atom. The van der Waals surface area contributed by atoms with Crippen molar-refractivity contribution in [3.05, 3.63) is 80.5 Å². The lowest BCUT2D eigenvalue weighted by atomic mass is 10.1. The maximum absolute atomic E-state index is 12.3. The van der Waals surface area contributed by atoms with Gasteiger partial charge >= 0.3 is 11.3 Å². The van der Waals surface area contributed by atoms with Gasteiger partial charge < -0.3 is 4.42 Å². The summed E-state index contributed by atoms with van der Waals surface area (Å²) in [5.74, 6) is 0. The van der Waals surface area contributed by atoms with Gasteiger partial charge in [0.15, 0.2) is 0 Å². The molecule has 2 heterocycles. The van der Waals surface area contributed by atoms with Gasteiger partial charge in [0.1, 0.15) is 5.01 Å². The SMILES string of the molecule is O=c1oc2c([N+](=O)[O-])cccc2cc1-c1nc(-c2ccccc2)cs1. The number of nitro benzene ring substituents is 1. The zero-order valence-electron chi connectivity index (χ0n) is 12.7. The van der Waals surface area contributed by atoms with E-state index >= 15 is 0 Å². The monoisotopic (exact) mass is 350 g/mol. The molecule has 2 aromatic heterocycles. The number of non-ortho nitro benzene ring substituents is 1. The smallest absolute Gasteiger partial charge is 0.346 e. The number of nitro groups is 1. The summed E-state index contributed by atoms with van der Waals surface area (Å²) in [5.41, 5.74) is 1.10. The molecule has 0 N–H and O–H groups in total. The molecular weight excluding hydrogens is 340 g/mol. The van der Waals surface area contributed by atoms with Gasteiger partial charge in [-0.15, -0.1) is 11.3 Å². The highest BCUT2D eigenvalue weighted by molar-refractivity contribution is 7.13. The van der Waals surface area contributed by atoms with E-state index in [-0.39, 0.29) is 11.3 Å². The van der Waals surface area contributed by atoms with Crippen LogP contribution < -0.4 is 5.63 Å². The van der Waals surface area contributed by atoms with E-state index in [1.807, 2.05) is 35.7 Å². The average Bonchev–Trinajstić information content (AvgIpc) is 3.11. The van der Waals surface area contributed by atoms with Crippen molar-refractivity contribution in [2.75, 3.05) is 0 Å². The van der Waals surface area contributed by atoms with Crippen molar-refractivity contribution >= 4 is 28.0 Å². The van der Waals surface area contributed by atoms with Crippen LogP contribution in [0.1, 0.15) is 0 Å². The van der Waals surface area contributed by atoms with Crippen LogP contribution in [0.15, 0.2) is 69.2 Å². The third-order valence-corrected chi connectivity index (χ3v) is 4.62. The van der Waals surface area contributed by atoms with Gasteiger partial charge in [-0.3, -0.25) is 10.1 Å². The largest absolute Gasteiger partial charge is 0.415 e. The molecule has 7 heteroatoms. The highest BCUT2D eigenvalue weighted by Crippen LogP contribution is 2.30. The first-order valence-electron chi connectivity index (χ1n) is 7.36. The lowest BCUT2D eigenvalue weighted by molar-refractivity contribution is -0.383. The second kappa shape index (κ2) is 5.95. The Labute approximate surface area is 145 Å². The first kappa shape index (κ1) is 15.2. The summed E-state index contributed by atoms with van der Waals surface area (Å²) in [6.07, 6.45) is 0. The number of para-hydroxylation sites is 1. The number of fused-ring (bicyclic) bond motifs is 1. The number of hydrogen-bond acceptors (Lipinski definition) is 6. The van der Waals surface area contributed by atoms with E-state index in [4.69, 9.17) is 4.42 Å². The zero-order valence-corrected chi connectivity index (χ0v) is 13.5. The molecular formula is C18H10N2O4S. The second-order valence-electron chi connectivity index (χ2n) is 5.30. The first-order chi connectivity index (χ1) is 12.1. The Balaban J connectivity index is 1.85. The molecule has 0 aliphatic heterocycles. The molecule has 4 aromatic rings. The molecule has 0 unspecified atom stereocenters. The minimum absolute atomic E-state index is 0.0268. The van der Waals surface area contributed by atoms with Gasteiger partial charge in [0, 0.05) is 22.4 Å². The van der Waals surface area contributed by atoms with Gasteiger partial charge in [0.05, 0.1) is 16.2 Å².